The molecule has 5 nitrogen and oxygen atoms in total. The van der Waals surface area contributed by atoms with Crippen LogP contribution in [0.25, 0.3) is 10.8 Å². The number of nitrogens with one attached hydrogen (secondary N) is 1. The molecular formula is C23H19FN2O3. The third-order valence-corrected chi connectivity index (χ3v) is 5.12. The largest absolute Gasteiger partial charge is 0.326 e. The summed E-state index contributed by atoms with van der Waals surface area (Å²) in [6.07, 6.45) is 0.425. The Morgan fingerprint density at radius 1 is 1.00 bits per heavy atom. The van der Waals surface area contributed by atoms with Gasteiger partial charge in [0.1, 0.15) is 5.82 Å². The van der Waals surface area contributed by atoms with Crippen molar-refractivity contribution < 1.29 is 18.8 Å². The van der Waals surface area contributed by atoms with E-state index in [9.17, 15) is 18.8 Å². The van der Waals surface area contributed by atoms with E-state index in [0.29, 0.717) is 28.6 Å². The molecule has 0 bridgehead atoms. The van der Waals surface area contributed by atoms with Crippen molar-refractivity contribution >= 4 is 34.2 Å². The van der Waals surface area contributed by atoms with Crippen LogP contribution in [0.1, 0.15) is 39.1 Å². The number of carbonyl (C=O) groups is 3. The molecule has 0 aromatic heterocycles. The van der Waals surface area contributed by atoms with Crippen molar-refractivity contribution in [2.75, 3.05) is 11.9 Å². The van der Waals surface area contributed by atoms with E-state index in [0.717, 1.165) is 10.9 Å². The highest BCUT2D eigenvalue weighted by Gasteiger charge is 2.32. The van der Waals surface area contributed by atoms with Crippen molar-refractivity contribution in [3.05, 3.63) is 77.1 Å². The molecule has 0 atom stereocenters. The summed E-state index contributed by atoms with van der Waals surface area (Å²) >= 11 is 0. The van der Waals surface area contributed by atoms with Gasteiger partial charge in [-0.05, 0) is 48.6 Å². The first kappa shape index (κ1) is 18.8. The Balaban J connectivity index is 1.44. The van der Waals surface area contributed by atoms with E-state index in [1.807, 2.05) is 12.1 Å². The second-order valence-corrected chi connectivity index (χ2v) is 7.08. The van der Waals surface area contributed by atoms with Crippen molar-refractivity contribution in [3.8, 4) is 0 Å². The summed E-state index contributed by atoms with van der Waals surface area (Å²) in [5.41, 5.74) is 2.17. The highest BCUT2D eigenvalue weighted by atomic mass is 19.1. The van der Waals surface area contributed by atoms with Gasteiger partial charge in [0, 0.05) is 35.2 Å². The standard InChI is InChI=1S/C23H19FN2O3/c1-14-10-11-16(24)13-19(14)25-20(27)9-4-12-26-22(28)17-7-2-5-15-6-3-8-18(21(15)17)23(26)29/h2-3,5-8,10-11,13H,4,9,12H2,1H3,(H,25,27). The normalized spacial score (nSPS) is 13.1. The molecule has 6 heteroatoms. The van der Waals surface area contributed by atoms with Gasteiger partial charge in [-0.2, -0.15) is 0 Å². The smallest absolute Gasteiger partial charge is 0.261 e. The summed E-state index contributed by atoms with van der Waals surface area (Å²) in [7, 11) is 0. The number of aryl methyl sites for hydroxylation is 1. The highest BCUT2D eigenvalue weighted by Crippen LogP contribution is 2.30. The van der Waals surface area contributed by atoms with E-state index in [-0.39, 0.29) is 30.7 Å². The predicted molar refractivity (Wildman–Crippen MR) is 108 cm³/mol. The van der Waals surface area contributed by atoms with Crippen molar-refractivity contribution in [2.45, 2.75) is 19.8 Å². The van der Waals surface area contributed by atoms with E-state index in [4.69, 9.17) is 0 Å². The lowest BCUT2D eigenvalue weighted by Gasteiger charge is -2.27. The number of benzene rings is 3. The van der Waals surface area contributed by atoms with Crippen molar-refractivity contribution in [1.82, 2.24) is 4.90 Å². The fraction of sp³-hybridized carbons (Fsp3) is 0.174. The average Bonchev–Trinajstić information content (AvgIpc) is 2.71. The molecule has 0 saturated carbocycles. The highest BCUT2D eigenvalue weighted by molar-refractivity contribution is 6.25. The molecule has 3 amide bonds. The monoisotopic (exact) mass is 390 g/mol. The third-order valence-electron chi connectivity index (χ3n) is 5.12. The summed E-state index contributed by atoms with van der Waals surface area (Å²) in [5.74, 6) is -1.41. The zero-order valence-corrected chi connectivity index (χ0v) is 15.9. The Labute approximate surface area is 167 Å². The Kier molecular flexibility index (Phi) is 4.84. The fourth-order valence-electron chi connectivity index (χ4n) is 3.62. The van der Waals surface area contributed by atoms with Crippen LogP contribution in [0.2, 0.25) is 0 Å². The number of imide groups is 1. The number of hydrogen-bond acceptors (Lipinski definition) is 3. The van der Waals surface area contributed by atoms with Gasteiger partial charge in [0.2, 0.25) is 5.91 Å². The van der Waals surface area contributed by atoms with Gasteiger partial charge in [-0.25, -0.2) is 4.39 Å². The Bertz CT molecular complexity index is 1110. The third kappa shape index (κ3) is 3.49. The molecule has 0 unspecified atom stereocenters. The molecule has 0 saturated heterocycles. The van der Waals surface area contributed by atoms with Gasteiger partial charge in [-0.1, -0.05) is 30.3 Å². The van der Waals surface area contributed by atoms with Gasteiger partial charge < -0.3 is 5.32 Å². The lowest BCUT2D eigenvalue weighted by Crippen LogP contribution is -2.41. The molecule has 4 rings (SSSR count). The van der Waals surface area contributed by atoms with E-state index >= 15 is 0 Å². The number of halogens is 1. The summed E-state index contributed by atoms with van der Waals surface area (Å²) in [6.45, 7) is 1.91. The molecule has 29 heavy (non-hydrogen) atoms. The Hall–Kier alpha value is -3.54. The zero-order chi connectivity index (χ0) is 20.5. The summed E-state index contributed by atoms with van der Waals surface area (Å²) in [5, 5.41) is 4.21. The van der Waals surface area contributed by atoms with Crippen LogP contribution < -0.4 is 5.32 Å². The van der Waals surface area contributed by atoms with Gasteiger partial charge >= 0.3 is 0 Å². The van der Waals surface area contributed by atoms with Crippen molar-refractivity contribution in [2.24, 2.45) is 0 Å². The van der Waals surface area contributed by atoms with Crippen molar-refractivity contribution in [3.63, 3.8) is 0 Å². The first-order chi connectivity index (χ1) is 14.0. The van der Waals surface area contributed by atoms with Gasteiger partial charge in [-0.15, -0.1) is 0 Å². The van der Waals surface area contributed by atoms with Crippen LogP contribution in [0, 0.1) is 12.7 Å². The summed E-state index contributed by atoms with van der Waals surface area (Å²) in [6, 6.07) is 15.0. The van der Waals surface area contributed by atoms with E-state index in [1.165, 1.54) is 17.0 Å². The number of anilines is 1. The number of nitrogens with zero attached hydrogens (tertiary/aromatic N) is 1. The van der Waals surface area contributed by atoms with Crippen LogP contribution >= 0.6 is 0 Å². The number of hydrogen-bond donors (Lipinski definition) is 1. The predicted octanol–water partition coefficient (Wildman–Crippen LogP) is 4.30. The first-order valence-corrected chi connectivity index (χ1v) is 9.39. The number of rotatable bonds is 5. The Morgan fingerprint density at radius 2 is 1.66 bits per heavy atom. The molecule has 146 valence electrons. The lowest BCUT2D eigenvalue weighted by atomic mass is 9.94. The topological polar surface area (TPSA) is 66.5 Å². The summed E-state index contributed by atoms with van der Waals surface area (Å²) in [4.78, 5) is 39.1. The van der Waals surface area contributed by atoms with E-state index in [1.54, 1.807) is 37.3 Å². The summed E-state index contributed by atoms with van der Waals surface area (Å²) < 4.78 is 13.4. The second-order valence-electron chi connectivity index (χ2n) is 7.08. The molecule has 1 N–H and O–H groups in total. The molecule has 1 aliphatic rings. The minimum absolute atomic E-state index is 0.110. The molecule has 3 aromatic carbocycles. The fourth-order valence-corrected chi connectivity index (χ4v) is 3.62. The SMILES string of the molecule is Cc1ccc(F)cc1NC(=O)CCCN1C(=O)c2cccc3cccc(c23)C1=O. The molecule has 1 aliphatic heterocycles. The second kappa shape index (κ2) is 7.47. The van der Waals surface area contributed by atoms with Gasteiger partial charge in [0.05, 0.1) is 0 Å². The molecule has 0 radical (unpaired) electrons. The van der Waals surface area contributed by atoms with E-state index < -0.39 is 5.82 Å². The number of carbonyl (C=O) groups excluding carboxylic acids is 3. The number of amides is 3. The first-order valence-electron chi connectivity index (χ1n) is 9.39. The van der Waals surface area contributed by atoms with Crippen LogP contribution in [-0.4, -0.2) is 29.2 Å². The molecule has 1 heterocycles. The van der Waals surface area contributed by atoms with Crippen LogP contribution in [0.15, 0.2) is 54.6 Å². The van der Waals surface area contributed by atoms with Crippen LogP contribution in [0.4, 0.5) is 10.1 Å². The maximum absolute atomic E-state index is 13.4. The Morgan fingerprint density at radius 3 is 2.31 bits per heavy atom. The maximum atomic E-state index is 13.4. The molecule has 3 aromatic rings. The lowest BCUT2D eigenvalue weighted by molar-refractivity contribution is -0.116. The van der Waals surface area contributed by atoms with Gasteiger partial charge in [-0.3, -0.25) is 19.3 Å². The average molecular weight is 390 g/mol. The van der Waals surface area contributed by atoms with Crippen LogP contribution in [0.5, 0.6) is 0 Å². The zero-order valence-electron chi connectivity index (χ0n) is 15.9. The van der Waals surface area contributed by atoms with E-state index in [2.05, 4.69) is 5.32 Å². The minimum atomic E-state index is -0.428. The molecular weight excluding hydrogens is 371 g/mol. The van der Waals surface area contributed by atoms with Crippen LogP contribution in [0.3, 0.4) is 0 Å². The molecule has 0 spiro atoms. The molecule has 0 aliphatic carbocycles. The quantitative estimate of drug-likeness (QED) is 0.661. The minimum Gasteiger partial charge on any atom is -0.326 e. The molecule has 0 fully saturated rings. The maximum Gasteiger partial charge on any atom is 0.261 e. The van der Waals surface area contributed by atoms with Gasteiger partial charge in [0.25, 0.3) is 11.8 Å². The van der Waals surface area contributed by atoms with Crippen molar-refractivity contribution in [1.29, 1.82) is 0 Å². The van der Waals surface area contributed by atoms with Crippen LogP contribution in [-0.2, 0) is 4.79 Å². The van der Waals surface area contributed by atoms with Gasteiger partial charge in [0.15, 0.2) is 0 Å².